The van der Waals surface area contributed by atoms with E-state index in [1.165, 1.54) is 32.8 Å². The Morgan fingerprint density at radius 2 is 1.75 bits per heavy atom. The Hall–Kier alpha value is -0.650. The monoisotopic (exact) mass is 448 g/mol. The molecule has 1 saturated heterocycles. The minimum Gasteiger partial charge on any atom is -0.469 e. The predicted molar refractivity (Wildman–Crippen MR) is 122 cm³/mol. The molecule has 0 aromatic rings. The Morgan fingerprint density at radius 1 is 1.03 bits per heavy atom. The van der Waals surface area contributed by atoms with Gasteiger partial charge in [0.15, 0.2) is 5.79 Å². The molecule has 0 aromatic carbocycles. The minimum absolute atomic E-state index is 0.0834. The first-order chi connectivity index (χ1) is 15.2. The molecule has 0 aromatic heterocycles. The Labute approximate surface area is 193 Å². The molecular weight excluding hydrogens is 404 g/mol. The number of aliphatic hydroxyl groups excluding tert-OH is 1. The molecule has 1 N–H and O–H groups in total. The summed E-state index contributed by atoms with van der Waals surface area (Å²) in [6.07, 6.45) is 10.3. The van der Waals surface area contributed by atoms with Gasteiger partial charge in [-0.15, -0.1) is 0 Å². The average Bonchev–Trinajstić information content (AvgIpc) is 3.37. The van der Waals surface area contributed by atoms with Crippen LogP contribution in [-0.2, 0) is 19.0 Å². The van der Waals surface area contributed by atoms with Gasteiger partial charge in [0.2, 0.25) is 0 Å². The SMILES string of the molecule is COC(=O)CCC(C)C1CCC2C3C[C@@H](O)C4CC5(CCC4(C)C3CC[C@]12C)OCCO5. The normalized spacial score (nSPS) is 48.0. The molecule has 0 bridgehead atoms. The van der Waals surface area contributed by atoms with Crippen molar-refractivity contribution in [3.63, 3.8) is 0 Å². The fourth-order valence-electron chi connectivity index (χ4n) is 9.61. The van der Waals surface area contributed by atoms with Gasteiger partial charge in [-0.3, -0.25) is 4.79 Å². The highest BCUT2D eigenvalue weighted by Crippen LogP contribution is 2.69. The molecule has 0 amide bonds. The molecule has 1 spiro atoms. The van der Waals surface area contributed by atoms with Crippen LogP contribution in [0, 0.1) is 46.3 Å². The molecule has 5 rings (SSSR count). The molecule has 1 aliphatic heterocycles. The van der Waals surface area contributed by atoms with Crippen molar-refractivity contribution in [3.05, 3.63) is 0 Å². The summed E-state index contributed by atoms with van der Waals surface area (Å²) in [4.78, 5) is 11.7. The van der Waals surface area contributed by atoms with Crippen molar-refractivity contribution in [2.75, 3.05) is 20.3 Å². The second kappa shape index (κ2) is 8.23. The fourth-order valence-corrected chi connectivity index (χ4v) is 9.61. The number of aliphatic hydroxyl groups is 1. The maximum absolute atomic E-state index is 11.7. The molecule has 0 radical (unpaired) electrons. The summed E-state index contributed by atoms with van der Waals surface area (Å²) in [6.45, 7) is 8.76. The van der Waals surface area contributed by atoms with E-state index in [4.69, 9.17) is 14.2 Å². The third-order valence-electron chi connectivity index (χ3n) is 11.3. The minimum atomic E-state index is -0.422. The zero-order valence-electron chi connectivity index (χ0n) is 20.6. The molecular formula is C27H44O5. The molecule has 5 nitrogen and oxygen atoms in total. The Kier molecular flexibility index (Phi) is 5.95. The highest BCUT2D eigenvalue weighted by atomic mass is 16.7. The molecule has 5 fully saturated rings. The van der Waals surface area contributed by atoms with Crippen molar-refractivity contribution in [1.82, 2.24) is 0 Å². The molecule has 182 valence electrons. The lowest BCUT2D eigenvalue weighted by Crippen LogP contribution is -2.60. The van der Waals surface area contributed by atoms with E-state index in [1.807, 2.05) is 0 Å². The summed E-state index contributed by atoms with van der Waals surface area (Å²) < 4.78 is 17.0. The summed E-state index contributed by atoms with van der Waals surface area (Å²) in [5.41, 5.74) is 0.534. The van der Waals surface area contributed by atoms with Gasteiger partial charge in [-0.1, -0.05) is 20.8 Å². The Bertz CT molecular complexity index is 717. The highest BCUT2D eigenvalue weighted by molar-refractivity contribution is 5.69. The second-order valence-corrected chi connectivity index (χ2v) is 12.4. The van der Waals surface area contributed by atoms with Gasteiger partial charge in [0.1, 0.15) is 0 Å². The molecule has 7 unspecified atom stereocenters. The summed E-state index contributed by atoms with van der Waals surface area (Å²) in [6, 6.07) is 0. The van der Waals surface area contributed by atoms with Gasteiger partial charge in [-0.25, -0.2) is 0 Å². The van der Waals surface area contributed by atoms with E-state index in [9.17, 15) is 9.90 Å². The van der Waals surface area contributed by atoms with Gasteiger partial charge in [-0.05, 0) is 91.3 Å². The zero-order chi connectivity index (χ0) is 22.7. The van der Waals surface area contributed by atoms with Gasteiger partial charge in [-0.2, -0.15) is 0 Å². The van der Waals surface area contributed by atoms with Crippen LogP contribution in [-0.4, -0.2) is 43.3 Å². The van der Waals surface area contributed by atoms with E-state index in [0.29, 0.717) is 54.6 Å². The molecule has 5 aliphatic rings. The lowest BCUT2D eigenvalue weighted by molar-refractivity contribution is -0.248. The van der Waals surface area contributed by atoms with Crippen LogP contribution < -0.4 is 0 Å². The van der Waals surface area contributed by atoms with Crippen LogP contribution >= 0.6 is 0 Å². The van der Waals surface area contributed by atoms with E-state index >= 15 is 0 Å². The average molecular weight is 449 g/mol. The van der Waals surface area contributed by atoms with Crippen LogP contribution in [0.15, 0.2) is 0 Å². The summed E-state index contributed by atoms with van der Waals surface area (Å²) in [5, 5.41) is 11.4. The maximum Gasteiger partial charge on any atom is 0.305 e. The number of carbonyl (C=O) groups excluding carboxylic acids is 1. The fraction of sp³-hybridized carbons (Fsp3) is 0.963. The van der Waals surface area contributed by atoms with Crippen molar-refractivity contribution in [1.29, 1.82) is 0 Å². The van der Waals surface area contributed by atoms with Crippen molar-refractivity contribution in [2.45, 2.75) is 96.9 Å². The van der Waals surface area contributed by atoms with E-state index in [1.54, 1.807) is 0 Å². The van der Waals surface area contributed by atoms with Gasteiger partial charge in [0.25, 0.3) is 0 Å². The van der Waals surface area contributed by atoms with Gasteiger partial charge >= 0.3 is 5.97 Å². The maximum atomic E-state index is 11.7. The van der Waals surface area contributed by atoms with Crippen LogP contribution in [0.3, 0.4) is 0 Å². The number of hydrogen-bond acceptors (Lipinski definition) is 5. The van der Waals surface area contributed by atoms with Gasteiger partial charge in [0, 0.05) is 19.3 Å². The quantitative estimate of drug-likeness (QED) is 0.617. The molecule has 1 heterocycles. The van der Waals surface area contributed by atoms with Crippen molar-refractivity contribution >= 4 is 5.97 Å². The topological polar surface area (TPSA) is 65.0 Å². The number of fused-ring (bicyclic) bond motifs is 5. The first kappa shape index (κ1) is 23.1. The highest BCUT2D eigenvalue weighted by Gasteiger charge is 2.64. The lowest BCUT2D eigenvalue weighted by Gasteiger charge is -2.63. The number of hydrogen-bond donors (Lipinski definition) is 1. The zero-order valence-corrected chi connectivity index (χ0v) is 20.6. The summed E-state index contributed by atoms with van der Waals surface area (Å²) in [7, 11) is 1.49. The third-order valence-corrected chi connectivity index (χ3v) is 11.3. The van der Waals surface area contributed by atoms with E-state index < -0.39 is 5.79 Å². The third kappa shape index (κ3) is 3.48. The van der Waals surface area contributed by atoms with E-state index in [-0.39, 0.29) is 23.4 Å². The van der Waals surface area contributed by atoms with Crippen molar-refractivity contribution < 1.29 is 24.1 Å². The van der Waals surface area contributed by atoms with Crippen LogP contribution in [0.2, 0.25) is 0 Å². The first-order valence-corrected chi connectivity index (χ1v) is 13.3. The molecule has 5 heteroatoms. The lowest BCUT2D eigenvalue weighted by atomic mass is 9.43. The number of ether oxygens (including phenoxy) is 3. The number of esters is 1. The van der Waals surface area contributed by atoms with E-state index in [2.05, 4.69) is 20.8 Å². The van der Waals surface area contributed by atoms with Crippen LogP contribution in [0.5, 0.6) is 0 Å². The van der Waals surface area contributed by atoms with Crippen molar-refractivity contribution in [2.24, 2.45) is 46.3 Å². The van der Waals surface area contributed by atoms with E-state index in [0.717, 1.165) is 32.1 Å². The smallest absolute Gasteiger partial charge is 0.305 e. The largest absolute Gasteiger partial charge is 0.469 e. The summed E-state index contributed by atoms with van der Waals surface area (Å²) >= 11 is 0. The number of rotatable bonds is 4. The molecule has 9 atom stereocenters. The molecule has 4 aliphatic carbocycles. The number of carbonyl (C=O) groups is 1. The number of methoxy groups -OCH3 is 1. The Morgan fingerprint density at radius 3 is 2.47 bits per heavy atom. The predicted octanol–water partition coefficient (Wildman–Crippen LogP) is 4.95. The standard InChI is InChI=1S/C27H44O5/c1-17(5-8-24(29)30-4)19-6-7-20-18-15-23(28)22-16-27(31-13-14-32-27)12-11-26(22,3)21(18)9-10-25(19,20)2/h17-23,28H,5-16H2,1-4H3/t17?,18?,19?,20?,21?,22?,23-,25-,26?/m1/s1. The summed E-state index contributed by atoms with van der Waals surface area (Å²) in [5.74, 6) is 3.04. The molecule has 32 heavy (non-hydrogen) atoms. The van der Waals surface area contributed by atoms with Crippen LogP contribution in [0.1, 0.15) is 85.0 Å². The van der Waals surface area contributed by atoms with Crippen LogP contribution in [0.25, 0.3) is 0 Å². The van der Waals surface area contributed by atoms with Gasteiger partial charge in [0.05, 0.1) is 26.4 Å². The van der Waals surface area contributed by atoms with Crippen LogP contribution in [0.4, 0.5) is 0 Å². The molecule has 4 saturated carbocycles. The van der Waals surface area contributed by atoms with Crippen molar-refractivity contribution in [3.8, 4) is 0 Å². The second-order valence-electron chi connectivity index (χ2n) is 12.4. The first-order valence-electron chi connectivity index (χ1n) is 13.3. The Balaban J connectivity index is 1.33. The van der Waals surface area contributed by atoms with Gasteiger partial charge < -0.3 is 19.3 Å².